The van der Waals surface area contributed by atoms with Crippen LogP contribution in [-0.4, -0.2) is 44.4 Å². The second-order valence-corrected chi connectivity index (χ2v) is 10.2. The van der Waals surface area contributed by atoms with Crippen molar-refractivity contribution in [2.45, 2.75) is 26.0 Å². The molecule has 210 valence electrons. The predicted octanol–water partition coefficient (Wildman–Crippen LogP) is 5.51. The number of hydrogen-bond donors (Lipinski definition) is 1. The fraction of sp³-hybridized carbons (Fsp3) is 0.161. The number of rotatable bonds is 11. The molecule has 0 unspecified atom stereocenters. The lowest BCUT2D eigenvalue weighted by Gasteiger charge is -2.16. The number of aromatic nitrogens is 4. The first-order valence-corrected chi connectivity index (χ1v) is 13.8. The summed E-state index contributed by atoms with van der Waals surface area (Å²) in [7, 11) is 0. The molecule has 5 aromatic rings. The minimum absolute atomic E-state index is 0.287. The summed E-state index contributed by atoms with van der Waals surface area (Å²) in [5.74, 6) is -0.192. The van der Waals surface area contributed by atoms with E-state index < -0.39 is 11.7 Å². The second-order valence-electron chi connectivity index (χ2n) is 9.73. The van der Waals surface area contributed by atoms with Gasteiger partial charge in [-0.2, -0.15) is 5.10 Å². The van der Waals surface area contributed by atoms with Crippen molar-refractivity contribution < 1.29 is 14.3 Å². The maximum atomic E-state index is 12.3. The number of carbonyl (C=O) groups is 2. The van der Waals surface area contributed by atoms with E-state index in [9.17, 15) is 9.59 Å². The van der Waals surface area contributed by atoms with E-state index in [1.54, 1.807) is 34.1 Å². The average Bonchev–Trinajstić information content (AvgIpc) is 3.56. The Morgan fingerprint density at radius 2 is 1.81 bits per heavy atom. The first-order chi connectivity index (χ1) is 20.5. The number of hydrazone groups is 1. The van der Waals surface area contributed by atoms with E-state index in [0.29, 0.717) is 40.8 Å². The van der Waals surface area contributed by atoms with Crippen molar-refractivity contribution >= 4 is 51.8 Å². The minimum atomic E-state index is -0.460. The summed E-state index contributed by atoms with van der Waals surface area (Å²) in [4.78, 5) is 30.3. The quantitative estimate of drug-likeness (QED) is 0.0949. The Kier molecular flexibility index (Phi) is 7.87. The molecule has 1 N–H and O–H groups in total. The fourth-order valence-corrected chi connectivity index (χ4v) is 4.90. The number of aryl methyl sites for hydroxylation is 1. The van der Waals surface area contributed by atoms with Crippen LogP contribution in [0, 0.1) is 0 Å². The van der Waals surface area contributed by atoms with Gasteiger partial charge in [-0.05, 0) is 79.1 Å². The molecule has 6 rings (SSSR count). The Bertz CT molecular complexity index is 1790. The third kappa shape index (κ3) is 5.98. The Morgan fingerprint density at radius 1 is 0.976 bits per heavy atom. The predicted molar refractivity (Wildman–Crippen MR) is 161 cm³/mol. The first kappa shape index (κ1) is 27.1. The Morgan fingerprint density at radius 3 is 2.69 bits per heavy atom. The molecule has 10 nitrogen and oxygen atoms in total. The average molecular weight is 580 g/mol. The number of halogens is 1. The van der Waals surface area contributed by atoms with Gasteiger partial charge in [-0.15, -0.1) is 5.10 Å². The Labute approximate surface area is 246 Å². The number of benzene rings is 3. The highest BCUT2D eigenvalue weighted by Gasteiger charge is 2.34. The summed E-state index contributed by atoms with van der Waals surface area (Å²) in [6.07, 6.45) is 6.81. The number of fused-ring (bicyclic) bond motifs is 2. The molecule has 0 spiro atoms. The standard InChI is InChI=1S/C31H26ClN7O3/c32-22-9-12-25-27(13-14-33-28(25)17-22)36-34-18-21-7-10-24(11-8-21)42-20-23-19-38(37-35-23)15-3-4-16-39-29-6-2-1-5-26(29)30(40)31(39)41/h1-2,5-14,17-19H,3-4,15-16,20H2,(H,33,36)/b34-18+. The topological polar surface area (TPSA) is 115 Å². The summed E-state index contributed by atoms with van der Waals surface area (Å²) >= 11 is 6.06. The number of nitrogens with zero attached hydrogens (tertiary/aromatic N) is 6. The Hall–Kier alpha value is -5.09. The van der Waals surface area contributed by atoms with E-state index in [4.69, 9.17) is 16.3 Å². The second kappa shape index (κ2) is 12.2. The molecule has 42 heavy (non-hydrogen) atoms. The summed E-state index contributed by atoms with van der Waals surface area (Å²) in [5, 5.41) is 14.3. The molecule has 1 amide bonds. The van der Waals surface area contributed by atoms with Gasteiger partial charge < -0.3 is 9.64 Å². The molecule has 1 aliphatic heterocycles. The third-order valence-electron chi connectivity index (χ3n) is 6.85. The van der Waals surface area contributed by atoms with Crippen LogP contribution in [0.1, 0.15) is 34.5 Å². The zero-order valence-electron chi connectivity index (χ0n) is 22.5. The lowest BCUT2D eigenvalue weighted by molar-refractivity contribution is -0.114. The van der Waals surface area contributed by atoms with Gasteiger partial charge in [-0.25, -0.2) is 0 Å². The summed E-state index contributed by atoms with van der Waals surface area (Å²) in [5.41, 5.74) is 7.49. The highest BCUT2D eigenvalue weighted by molar-refractivity contribution is 6.52. The normalized spacial score (nSPS) is 12.8. The van der Waals surface area contributed by atoms with Gasteiger partial charge in [0.1, 0.15) is 18.1 Å². The maximum absolute atomic E-state index is 12.3. The molecule has 2 aromatic heterocycles. The largest absolute Gasteiger partial charge is 0.487 e. The molecule has 0 fully saturated rings. The van der Waals surface area contributed by atoms with Gasteiger partial charge >= 0.3 is 0 Å². The summed E-state index contributed by atoms with van der Waals surface area (Å²) < 4.78 is 7.63. The van der Waals surface area contributed by atoms with Crippen LogP contribution in [0.3, 0.4) is 0 Å². The van der Waals surface area contributed by atoms with E-state index in [1.807, 2.05) is 66.9 Å². The lowest BCUT2D eigenvalue weighted by atomic mass is 10.1. The van der Waals surface area contributed by atoms with E-state index in [2.05, 4.69) is 25.8 Å². The van der Waals surface area contributed by atoms with Gasteiger partial charge in [0.15, 0.2) is 0 Å². The number of ketones is 1. The van der Waals surface area contributed by atoms with E-state index in [1.165, 1.54) is 0 Å². The number of para-hydroxylation sites is 1. The maximum Gasteiger partial charge on any atom is 0.299 e. The number of anilines is 2. The molecule has 11 heteroatoms. The van der Waals surface area contributed by atoms with Crippen LogP contribution in [0.15, 0.2) is 90.3 Å². The molecule has 0 radical (unpaired) electrons. The third-order valence-corrected chi connectivity index (χ3v) is 7.09. The summed E-state index contributed by atoms with van der Waals surface area (Å²) in [6.45, 7) is 1.42. The van der Waals surface area contributed by atoms with Crippen molar-refractivity contribution in [2.75, 3.05) is 16.9 Å². The van der Waals surface area contributed by atoms with E-state index in [0.717, 1.165) is 35.0 Å². The molecule has 0 aliphatic carbocycles. The van der Waals surface area contributed by atoms with Gasteiger partial charge in [0.25, 0.3) is 11.7 Å². The first-order valence-electron chi connectivity index (χ1n) is 13.5. The van der Waals surface area contributed by atoms with Crippen LogP contribution in [-0.2, 0) is 17.9 Å². The van der Waals surface area contributed by atoms with Crippen LogP contribution in [0.5, 0.6) is 5.75 Å². The molecule has 0 saturated carbocycles. The molecule has 0 bridgehead atoms. The number of nitrogens with one attached hydrogen (secondary N) is 1. The molecule has 3 heterocycles. The van der Waals surface area contributed by atoms with Crippen LogP contribution >= 0.6 is 11.6 Å². The summed E-state index contributed by atoms with van der Waals surface area (Å²) in [6, 6.07) is 22.1. The number of hydrogen-bond acceptors (Lipinski definition) is 8. The minimum Gasteiger partial charge on any atom is -0.487 e. The van der Waals surface area contributed by atoms with E-state index >= 15 is 0 Å². The van der Waals surface area contributed by atoms with Crippen LogP contribution in [0.4, 0.5) is 11.4 Å². The number of amides is 1. The van der Waals surface area contributed by atoms with Crippen molar-refractivity contribution in [1.29, 1.82) is 0 Å². The number of Topliss-reactive ketones (excluding diaryl/α,β-unsaturated/α-hetero) is 1. The highest BCUT2D eigenvalue weighted by atomic mass is 35.5. The SMILES string of the molecule is O=C1C(=O)N(CCCCn2cc(COc3ccc(/C=N/Nc4ccnc5cc(Cl)ccc45)cc3)nn2)c2ccccc21. The molecule has 3 aromatic carbocycles. The highest BCUT2D eigenvalue weighted by Crippen LogP contribution is 2.28. The van der Waals surface area contributed by atoms with Gasteiger partial charge in [0, 0.05) is 29.7 Å². The van der Waals surface area contributed by atoms with Gasteiger partial charge in [-0.1, -0.05) is 28.9 Å². The smallest absolute Gasteiger partial charge is 0.299 e. The number of carbonyl (C=O) groups excluding carboxylic acids is 2. The van der Waals surface area contributed by atoms with Crippen LogP contribution in [0.2, 0.25) is 5.02 Å². The van der Waals surface area contributed by atoms with Crippen molar-refractivity contribution in [2.24, 2.45) is 5.10 Å². The van der Waals surface area contributed by atoms with Crippen LogP contribution in [0.25, 0.3) is 10.9 Å². The molecule has 1 aliphatic rings. The number of unbranched alkanes of at least 4 members (excludes halogenated alkanes) is 1. The van der Waals surface area contributed by atoms with E-state index in [-0.39, 0.29) is 6.61 Å². The van der Waals surface area contributed by atoms with Crippen molar-refractivity contribution in [3.63, 3.8) is 0 Å². The molecule has 0 saturated heterocycles. The lowest BCUT2D eigenvalue weighted by Crippen LogP contribution is -2.30. The Balaban J connectivity index is 0.948. The van der Waals surface area contributed by atoms with Gasteiger partial charge in [-0.3, -0.25) is 24.7 Å². The zero-order chi connectivity index (χ0) is 28.9. The molecule has 0 atom stereocenters. The van der Waals surface area contributed by atoms with Gasteiger partial charge in [0.05, 0.1) is 34.9 Å². The van der Waals surface area contributed by atoms with Crippen molar-refractivity contribution in [3.05, 3.63) is 107 Å². The molecular formula is C31H26ClN7O3. The zero-order valence-corrected chi connectivity index (χ0v) is 23.2. The monoisotopic (exact) mass is 579 g/mol. The van der Waals surface area contributed by atoms with Crippen molar-refractivity contribution in [1.82, 2.24) is 20.0 Å². The van der Waals surface area contributed by atoms with Crippen molar-refractivity contribution in [3.8, 4) is 5.75 Å². The number of ether oxygens (including phenoxy) is 1. The number of pyridine rings is 1. The molecular weight excluding hydrogens is 554 g/mol. The van der Waals surface area contributed by atoms with Gasteiger partial charge in [0.2, 0.25) is 0 Å². The van der Waals surface area contributed by atoms with Crippen LogP contribution < -0.4 is 15.1 Å². The fourth-order valence-electron chi connectivity index (χ4n) is 4.73.